The average Bonchev–Trinajstić information content (AvgIpc) is 3.17. The number of aliphatic carboxylic acids is 1. The highest BCUT2D eigenvalue weighted by molar-refractivity contribution is 5.79. The van der Waals surface area contributed by atoms with Crippen molar-refractivity contribution >= 4 is 5.97 Å². The van der Waals surface area contributed by atoms with Gasteiger partial charge < -0.3 is 9.84 Å². The Labute approximate surface area is 114 Å². The van der Waals surface area contributed by atoms with Gasteiger partial charge in [0.2, 0.25) is 0 Å². The maximum atomic E-state index is 12.0. The van der Waals surface area contributed by atoms with Crippen LogP contribution in [-0.2, 0) is 9.53 Å². The predicted molar refractivity (Wildman–Crippen MR) is 70.6 cm³/mol. The molecule has 5 saturated carbocycles. The van der Waals surface area contributed by atoms with Crippen LogP contribution in [0.2, 0.25) is 0 Å². The Bertz CT molecular complexity index is 373. The lowest BCUT2D eigenvalue weighted by Gasteiger charge is -2.58. The van der Waals surface area contributed by atoms with E-state index in [4.69, 9.17) is 4.74 Å². The first-order valence-corrected chi connectivity index (χ1v) is 7.93. The molecule has 19 heavy (non-hydrogen) atoms. The number of hydrogen-bond donors (Lipinski definition) is 1. The molecule has 0 heterocycles. The SMILES string of the molecule is COC(C(=O)O)(C1CC1)C1C2CC3CC(C2)CC1C3. The van der Waals surface area contributed by atoms with Crippen LogP contribution in [0.25, 0.3) is 0 Å². The Hall–Kier alpha value is -0.570. The molecule has 5 rings (SSSR count). The number of hydrogen-bond acceptors (Lipinski definition) is 2. The molecule has 0 aromatic rings. The Morgan fingerprint density at radius 3 is 1.95 bits per heavy atom. The molecule has 0 saturated heterocycles. The number of ether oxygens (including phenoxy) is 1. The van der Waals surface area contributed by atoms with Crippen LogP contribution in [0, 0.1) is 35.5 Å². The van der Waals surface area contributed by atoms with E-state index in [2.05, 4.69) is 0 Å². The fraction of sp³-hybridized carbons (Fsp3) is 0.938. The summed E-state index contributed by atoms with van der Waals surface area (Å²) in [6.45, 7) is 0. The third-order valence-electron chi connectivity index (χ3n) is 6.58. The lowest BCUT2D eigenvalue weighted by Crippen LogP contribution is -2.60. The zero-order chi connectivity index (χ0) is 13.2. The Kier molecular flexibility index (Phi) is 2.55. The van der Waals surface area contributed by atoms with Gasteiger partial charge in [-0.05, 0) is 74.5 Å². The molecule has 0 aromatic carbocycles. The minimum atomic E-state index is -0.859. The molecule has 4 bridgehead atoms. The van der Waals surface area contributed by atoms with Gasteiger partial charge in [-0.1, -0.05) is 0 Å². The highest BCUT2D eigenvalue weighted by Crippen LogP contribution is 2.62. The fourth-order valence-electron chi connectivity index (χ4n) is 6.12. The van der Waals surface area contributed by atoms with E-state index in [0.29, 0.717) is 11.8 Å². The standard InChI is InChI=1S/C16H24O3/c1-19-16(15(17)18,13-2-3-13)14-11-5-9-4-10(7-11)8-12(14)6-9/h9-14H,2-8H2,1H3,(H,17,18). The molecule has 0 aromatic heterocycles. The lowest BCUT2D eigenvalue weighted by molar-refractivity contribution is -0.199. The third kappa shape index (κ3) is 1.57. The summed E-state index contributed by atoms with van der Waals surface area (Å²) in [6.07, 6.45) is 8.57. The van der Waals surface area contributed by atoms with Crippen LogP contribution >= 0.6 is 0 Å². The van der Waals surface area contributed by atoms with Crippen molar-refractivity contribution in [3.8, 4) is 0 Å². The predicted octanol–water partition coefficient (Wildman–Crippen LogP) is 2.94. The van der Waals surface area contributed by atoms with Gasteiger partial charge in [-0.2, -0.15) is 0 Å². The van der Waals surface area contributed by atoms with Crippen molar-refractivity contribution in [2.24, 2.45) is 35.5 Å². The molecule has 5 fully saturated rings. The first-order valence-electron chi connectivity index (χ1n) is 7.93. The van der Waals surface area contributed by atoms with E-state index in [1.165, 1.54) is 32.1 Å². The fourth-order valence-corrected chi connectivity index (χ4v) is 6.12. The number of carboxylic acids is 1. The molecule has 3 heteroatoms. The van der Waals surface area contributed by atoms with Gasteiger partial charge in [-0.25, -0.2) is 4.79 Å². The summed E-state index contributed by atoms with van der Waals surface area (Å²) in [6, 6.07) is 0. The molecule has 0 aliphatic heterocycles. The molecular formula is C16H24O3. The van der Waals surface area contributed by atoms with Crippen molar-refractivity contribution in [1.82, 2.24) is 0 Å². The smallest absolute Gasteiger partial charge is 0.336 e. The number of carbonyl (C=O) groups is 1. The van der Waals surface area contributed by atoms with E-state index >= 15 is 0 Å². The summed E-state index contributed by atoms with van der Waals surface area (Å²) < 4.78 is 5.75. The normalized spacial score (nSPS) is 47.1. The zero-order valence-corrected chi connectivity index (χ0v) is 11.7. The third-order valence-corrected chi connectivity index (χ3v) is 6.58. The molecule has 1 atom stereocenters. The van der Waals surface area contributed by atoms with E-state index < -0.39 is 11.6 Å². The van der Waals surface area contributed by atoms with Crippen LogP contribution in [0.15, 0.2) is 0 Å². The minimum Gasteiger partial charge on any atom is -0.479 e. The first-order chi connectivity index (χ1) is 9.15. The number of methoxy groups -OCH3 is 1. The van der Waals surface area contributed by atoms with Crippen LogP contribution in [0.3, 0.4) is 0 Å². The van der Waals surface area contributed by atoms with Crippen molar-refractivity contribution in [3.63, 3.8) is 0 Å². The van der Waals surface area contributed by atoms with Crippen LogP contribution < -0.4 is 0 Å². The summed E-state index contributed by atoms with van der Waals surface area (Å²) in [7, 11) is 1.64. The minimum absolute atomic E-state index is 0.275. The van der Waals surface area contributed by atoms with Gasteiger partial charge in [-0.15, -0.1) is 0 Å². The van der Waals surface area contributed by atoms with Crippen LogP contribution in [0.5, 0.6) is 0 Å². The largest absolute Gasteiger partial charge is 0.479 e. The molecule has 1 unspecified atom stereocenters. The van der Waals surface area contributed by atoms with Gasteiger partial charge in [0, 0.05) is 13.0 Å². The number of carboxylic acid groups (broad SMARTS) is 1. The molecule has 1 N–H and O–H groups in total. The molecule has 5 aliphatic rings. The molecule has 3 nitrogen and oxygen atoms in total. The van der Waals surface area contributed by atoms with Crippen LogP contribution in [0.1, 0.15) is 44.9 Å². The summed E-state index contributed by atoms with van der Waals surface area (Å²) in [5.74, 6) is 2.89. The van der Waals surface area contributed by atoms with Crippen molar-refractivity contribution in [2.45, 2.75) is 50.5 Å². The second kappa shape index (κ2) is 3.97. The van der Waals surface area contributed by atoms with Gasteiger partial charge >= 0.3 is 5.97 Å². The van der Waals surface area contributed by atoms with Crippen molar-refractivity contribution < 1.29 is 14.6 Å². The number of rotatable bonds is 4. The quantitative estimate of drug-likeness (QED) is 0.849. The zero-order valence-electron chi connectivity index (χ0n) is 11.7. The maximum Gasteiger partial charge on any atom is 0.336 e. The van der Waals surface area contributed by atoms with Gasteiger partial charge in [0.05, 0.1) is 0 Å². The Morgan fingerprint density at radius 1 is 1.05 bits per heavy atom. The van der Waals surface area contributed by atoms with Crippen molar-refractivity contribution in [3.05, 3.63) is 0 Å². The Balaban J connectivity index is 1.71. The van der Waals surface area contributed by atoms with E-state index in [9.17, 15) is 9.90 Å². The molecule has 0 amide bonds. The van der Waals surface area contributed by atoms with Crippen LogP contribution in [0.4, 0.5) is 0 Å². The van der Waals surface area contributed by atoms with E-state index in [0.717, 1.165) is 24.7 Å². The van der Waals surface area contributed by atoms with Gasteiger partial charge in [-0.3, -0.25) is 0 Å². The van der Waals surface area contributed by atoms with Gasteiger partial charge in [0.15, 0.2) is 5.60 Å². The second-order valence-corrected chi connectivity index (χ2v) is 7.53. The van der Waals surface area contributed by atoms with Crippen molar-refractivity contribution in [1.29, 1.82) is 0 Å². The summed E-state index contributed by atoms with van der Waals surface area (Å²) in [5, 5.41) is 9.89. The first kappa shape index (κ1) is 12.2. The summed E-state index contributed by atoms with van der Waals surface area (Å²) >= 11 is 0. The molecule has 106 valence electrons. The average molecular weight is 264 g/mol. The summed E-state index contributed by atoms with van der Waals surface area (Å²) in [5.41, 5.74) is -0.859. The molecular weight excluding hydrogens is 240 g/mol. The molecule has 0 spiro atoms. The van der Waals surface area contributed by atoms with Crippen LogP contribution in [-0.4, -0.2) is 23.8 Å². The highest BCUT2D eigenvalue weighted by atomic mass is 16.5. The Morgan fingerprint density at radius 2 is 1.58 bits per heavy atom. The van der Waals surface area contributed by atoms with Gasteiger partial charge in [0.25, 0.3) is 0 Å². The van der Waals surface area contributed by atoms with E-state index in [1.54, 1.807) is 7.11 Å². The molecule has 5 aliphatic carbocycles. The van der Waals surface area contributed by atoms with E-state index in [1.807, 2.05) is 0 Å². The van der Waals surface area contributed by atoms with E-state index in [-0.39, 0.29) is 11.8 Å². The highest BCUT2D eigenvalue weighted by Gasteiger charge is 2.64. The monoisotopic (exact) mass is 264 g/mol. The topological polar surface area (TPSA) is 46.5 Å². The second-order valence-electron chi connectivity index (χ2n) is 7.53. The van der Waals surface area contributed by atoms with Crippen molar-refractivity contribution in [2.75, 3.05) is 7.11 Å². The summed E-state index contributed by atoms with van der Waals surface area (Å²) in [4.78, 5) is 12.0. The molecule has 0 radical (unpaired) electrons. The van der Waals surface area contributed by atoms with Gasteiger partial charge in [0.1, 0.15) is 0 Å². The maximum absolute atomic E-state index is 12.0. The lowest BCUT2D eigenvalue weighted by atomic mass is 9.48.